The van der Waals surface area contributed by atoms with Gasteiger partial charge in [0.25, 0.3) is 0 Å². The summed E-state index contributed by atoms with van der Waals surface area (Å²) in [4.78, 5) is 2.59. The molecule has 1 aromatic heterocycles. The molecule has 2 saturated heterocycles. The van der Waals surface area contributed by atoms with Gasteiger partial charge in [0.1, 0.15) is 0 Å². The first-order valence-corrected chi connectivity index (χ1v) is 6.74. The molecule has 1 atom stereocenters. The van der Waals surface area contributed by atoms with E-state index in [4.69, 9.17) is 0 Å². The van der Waals surface area contributed by atoms with Crippen LogP contribution < -0.4 is 5.32 Å². The van der Waals surface area contributed by atoms with Gasteiger partial charge in [-0.15, -0.1) is 12.4 Å². The van der Waals surface area contributed by atoms with Crippen molar-refractivity contribution in [1.29, 1.82) is 0 Å². The van der Waals surface area contributed by atoms with Crippen LogP contribution in [0.4, 0.5) is 0 Å². The number of aryl methyl sites for hydroxylation is 1. The maximum atomic E-state index is 4.34. The van der Waals surface area contributed by atoms with E-state index in [0.29, 0.717) is 5.41 Å². The Morgan fingerprint density at radius 1 is 1.44 bits per heavy atom. The first-order chi connectivity index (χ1) is 8.30. The van der Waals surface area contributed by atoms with Crippen LogP contribution in [0.1, 0.15) is 25.3 Å². The van der Waals surface area contributed by atoms with Gasteiger partial charge in [0.2, 0.25) is 0 Å². The van der Waals surface area contributed by atoms with Crippen LogP contribution in [0.2, 0.25) is 0 Å². The van der Waals surface area contributed by atoms with Crippen LogP contribution in [-0.2, 0) is 13.1 Å². The minimum absolute atomic E-state index is 0. The van der Waals surface area contributed by atoms with E-state index < -0.39 is 0 Å². The fourth-order valence-corrected chi connectivity index (χ4v) is 3.23. The summed E-state index contributed by atoms with van der Waals surface area (Å²) in [6, 6.07) is 0. The van der Waals surface area contributed by atoms with E-state index in [2.05, 4.69) is 28.4 Å². The molecule has 2 fully saturated rings. The molecule has 18 heavy (non-hydrogen) atoms. The van der Waals surface area contributed by atoms with Crippen molar-refractivity contribution in [3.63, 3.8) is 0 Å². The van der Waals surface area contributed by atoms with Crippen molar-refractivity contribution in [2.24, 2.45) is 5.41 Å². The molecule has 0 saturated carbocycles. The smallest absolute Gasteiger partial charge is 0.0534 e. The molecular weight excluding hydrogens is 248 g/mol. The van der Waals surface area contributed by atoms with E-state index in [1.165, 1.54) is 44.6 Å². The minimum atomic E-state index is 0. The SMILES string of the molecule is CCn1cc(CN2CCC3(CCNC3)C2)cn1.Cl. The first kappa shape index (κ1) is 13.8. The molecule has 1 spiro atoms. The van der Waals surface area contributed by atoms with E-state index in [9.17, 15) is 0 Å². The average molecular weight is 271 g/mol. The van der Waals surface area contributed by atoms with Crippen molar-refractivity contribution in [1.82, 2.24) is 20.0 Å². The highest BCUT2D eigenvalue weighted by Crippen LogP contribution is 2.36. The molecule has 2 aliphatic heterocycles. The van der Waals surface area contributed by atoms with E-state index in [1.54, 1.807) is 0 Å². The van der Waals surface area contributed by atoms with Gasteiger partial charge in [0.15, 0.2) is 0 Å². The van der Waals surface area contributed by atoms with Crippen molar-refractivity contribution in [2.45, 2.75) is 32.9 Å². The molecule has 0 radical (unpaired) electrons. The monoisotopic (exact) mass is 270 g/mol. The first-order valence-electron chi connectivity index (χ1n) is 6.74. The predicted octanol–water partition coefficient (Wildman–Crippen LogP) is 1.51. The largest absolute Gasteiger partial charge is 0.316 e. The summed E-state index contributed by atoms with van der Waals surface area (Å²) in [6.45, 7) is 9.11. The van der Waals surface area contributed by atoms with Crippen LogP contribution >= 0.6 is 12.4 Å². The number of nitrogens with zero attached hydrogens (tertiary/aromatic N) is 3. The van der Waals surface area contributed by atoms with Crippen molar-refractivity contribution >= 4 is 12.4 Å². The fraction of sp³-hybridized carbons (Fsp3) is 0.769. The van der Waals surface area contributed by atoms with Gasteiger partial charge >= 0.3 is 0 Å². The van der Waals surface area contributed by atoms with Crippen LogP contribution in [-0.4, -0.2) is 40.9 Å². The van der Waals surface area contributed by atoms with Crippen molar-refractivity contribution in [2.75, 3.05) is 26.2 Å². The summed E-state index contributed by atoms with van der Waals surface area (Å²) < 4.78 is 2.01. The van der Waals surface area contributed by atoms with Crippen LogP contribution in [0.25, 0.3) is 0 Å². The molecule has 0 aromatic carbocycles. The zero-order chi connectivity index (χ0) is 11.7. The molecule has 1 aromatic rings. The summed E-state index contributed by atoms with van der Waals surface area (Å²) in [5.74, 6) is 0. The summed E-state index contributed by atoms with van der Waals surface area (Å²) in [5.41, 5.74) is 1.94. The van der Waals surface area contributed by atoms with Gasteiger partial charge in [-0.2, -0.15) is 5.10 Å². The van der Waals surface area contributed by atoms with Crippen LogP contribution in [0.5, 0.6) is 0 Å². The lowest BCUT2D eigenvalue weighted by Crippen LogP contribution is -2.28. The fourth-order valence-electron chi connectivity index (χ4n) is 3.23. The highest BCUT2D eigenvalue weighted by Gasteiger charge is 2.40. The Morgan fingerprint density at radius 2 is 2.33 bits per heavy atom. The number of likely N-dealkylation sites (tertiary alicyclic amines) is 1. The topological polar surface area (TPSA) is 33.1 Å². The molecule has 2 aliphatic rings. The van der Waals surface area contributed by atoms with Crippen molar-refractivity contribution < 1.29 is 0 Å². The second kappa shape index (κ2) is 5.59. The Kier molecular flexibility index (Phi) is 4.30. The van der Waals surface area contributed by atoms with E-state index in [-0.39, 0.29) is 12.4 Å². The second-order valence-corrected chi connectivity index (χ2v) is 5.59. The van der Waals surface area contributed by atoms with Gasteiger partial charge in [-0.3, -0.25) is 9.58 Å². The molecule has 1 unspecified atom stereocenters. The second-order valence-electron chi connectivity index (χ2n) is 5.59. The molecule has 1 N–H and O–H groups in total. The number of nitrogens with one attached hydrogen (secondary N) is 1. The summed E-state index contributed by atoms with van der Waals surface area (Å²) >= 11 is 0. The van der Waals surface area contributed by atoms with Gasteiger partial charge in [0.05, 0.1) is 6.20 Å². The lowest BCUT2D eigenvalue weighted by molar-refractivity contribution is 0.268. The highest BCUT2D eigenvalue weighted by molar-refractivity contribution is 5.85. The number of hydrogen-bond acceptors (Lipinski definition) is 3. The number of halogens is 1. The number of hydrogen-bond donors (Lipinski definition) is 1. The van der Waals surface area contributed by atoms with Gasteiger partial charge in [0, 0.05) is 37.9 Å². The Labute approximate surface area is 115 Å². The maximum absolute atomic E-state index is 4.34. The average Bonchev–Trinajstić information content (AvgIpc) is 3.03. The molecule has 3 rings (SSSR count). The molecule has 5 heteroatoms. The third kappa shape index (κ3) is 2.71. The minimum Gasteiger partial charge on any atom is -0.316 e. The van der Waals surface area contributed by atoms with Crippen LogP contribution in [0.15, 0.2) is 12.4 Å². The predicted molar refractivity (Wildman–Crippen MR) is 75.0 cm³/mol. The van der Waals surface area contributed by atoms with Crippen LogP contribution in [0.3, 0.4) is 0 Å². The van der Waals surface area contributed by atoms with E-state index in [0.717, 1.165) is 13.1 Å². The summed E-state index contributed by atoms with van der Waals surface area (Å²) in [5, 5.41) is 7.85. The molecule has 4 nitrogen and oxygen atoms in total. The molecule has 0 bridgehead atoms. The molecule has 102 valence electrons. The number of aromatic nitrogens is 2. The zero-order valence-electron chi connectivity index (χ0n) is 11.1. The highest BCUT2D eigenvalue weighted by atomic mass is 35.5. The van der Waals surface area contributed by atoms with Gasteiger partial charge < -0.3 is 5.32 Å². The lowest BCUT2D eigenvalue weighted by Gasteiger charge is -2.22. The quantitative estimate of drug-likeness (QED) is 0.904. The third-order valence-corrected chi connectivity index (χ3v) is 4.27. The Hall–Kier alpha value is -0.580. The maximum Gasteiger partial charge on any atom is 0.0534 e. The Morgan fingerprint density at radius 3 is 3.00 bits per heavy atom. The molecule has 3 heterocycles. The number of rotatable bonds is 3. The summed E-state index contributed by atoms with van der Waals surface area (Å²) in [6.07, 6.45) is 6.92. The van der Waals surface area contributed by atoms with Crippen molar-refractivity contribution in [3.8, 4) is 0 Å². The summed E-state index contributed by atoms with van der Waals surface area (Å²) in [7, 11) is 0. The third-order valence-electron chi connectivity index (χ3n) is 4.27. The molecule has 0 amide bonds. The van der Waals surface area contributed by atoms with E-state index in [1.807, 2.05) is 10.9 Å². The van der Waals surface area contributed by atoms with Gasteiger partial charge in [-0.1, -0.05) is 0 Å². The normalized spacial score (nSPS) is 27.8. The standard InChI is InChI=1S/C13H22N4.ClH/c1-2-17-9-12(7-15-17)8-16-6-4-13(11-16)3-5-14-10-13;/h7,9,14H,2-6,8,10-11H2,1H3;1H. The molecule has 0 aliphatic carbocycles. The Balaban J connectivity index is 0.00000120. The van der Waals surface area contributed by atoms with Gasteiger partial charge in [-0.05, 0) is 38.3 Å². The lowest BCUT2D eigenvalue weighted by atomic mass is 9.87. The van der Waals surface area contributed by atoms with Gasteiger partial charge in [-0.25, -0.2) is 0 Å². The van der Waals surface area contributed by atoms with Crippen molar-refractivity contribution in [3.05, 3.63) is 18.0 Å². The Bertz CT molecular complexity index is 384. The molecular formula is C13H23ClN4. The van der Waals surface area contributed by atoms with Crippen LogP contribution in [0, 0.1) is 5.41 Å². The van der Waals surface area contributed by atoms with E-state index >= 15 is 0 Å². The zero-order valence-corrected chi connectivity index (χ0v) is 11.9.